The molecule has 2 aliphatic heterocycles. The molecule has 2 atom stereocenters. The van der Waals surface area contributed by atoms with Crippen molar-refractivity contribution in [2.24, 2.45) is 5.73 Å². The van der Waals surface area contributed by atoms with E-state index in [1.165, 1.54) is 21.1 Å². The molecule has 154 valence electrons. The zero-order valence-electron chi connectivity index (χ0n) is 15.3. The van der Waals surface area contributed by atoms with Gasteiger partial charge in [-0.05, 0) is 19.8 Å². The molecule has 10 nitrogen and oxygen atoms in total. The van der Waals surface area contributed by atoms with Gasteiger partial charge >= 0.3 is 18.1 Å². The van der Waals surface area contributed by atoms with Crippen LogP contribution in [0.15, 0.2) is 0 Å². The summed E-state index contributed by atoms with van der Waals surface area (Å²) >= 11 is 0. The van der Waals surface area contributed by atoms with Crippen molar-refractivity contribution >= 4 is 17.9 Å². The van der Waals surface area contributed by atoms with Crippen molar-refractivity contribution in [3.63, 3.8) is 0 Å². The van der Waals surface area contributed by atoms with E-state index in [1.807, 2.05) is 0 Å². The number of halogens is 2. The third-order valence-corrected chi connectivity index (χ3v) is 4.34. The zero-order valence-corrected chi connectivity index (χ0v) is 15.3. The number of ether oxygens (including phenoxy) is 3. The van der Waals surface area contributed by atoms with E-state index in [9.17, 15) is 23.2 Å². The maximum Gasteiger partial charge on any atom is 0.477 e. The number of primary amides is 1. The number of nitrogens with two attached hydrogens (primary N) is 1. The summed E-state index contributed by atoms with van der Waals surface area (Å²) in [5, 5.41) is 0.411. The highest BCUT2D eigenvalue weighted by molar-refractivity contribution is 5.87. The lowest BCUT2D eigenvalue weighted by atomic mass is 10.0. The van der Waals surface area contributed by atoms with Crippen LogP contribution in [0.25, 0.3) is 0 Å². The van der Waals surface area contributed by atoms with Crippen LogP contribution >= 0.6 is 0 Å². The summed E-state index contributed by atoms with van der Waals surface area (Å²) in [4.78, 5) is 41.1. The lowest BCUT2D eigenvalue weighted by Crippen LogP contribution is -2.50. The van der Waals surface area contributed by atoms with E-state index in [0.717, 1.165) is 4.90 Å². The number of carbonyl (C=O) groups is 3. The Hall–Kier alpha value is -2.05. The molecular formula is C15H23F2N3O7. The van der Waals surface area contributed by atoms with Crippen LogP contribution in [0, 0.1) is 0 Å². The molecule has 27 heavy (non-hydrogen) atoms. The van der Waals surface area contributed by atoms with Crippen LogP contribution in [0.2, 0.25) is 0 Å². The molecule has 0 spiro atoms. The van der Waals surface area contributed by atoms with Crippen molar-refractivity contribution in [3.05, 3.63) is 0 Å². The number of hydrogen-bond donors (Lipinski definition) is 1. The van der Waals surface area contributed by atoms with Gasteiger partial charge in [0.05, 0.1) is 19.3 Å². The minimum Gasteiger partial charge on any atom is -0.448 e. The van der Waals surface area contributed by atoms with Crippen LogP contribution in [0.3, 0.4) is 0 Å². The summed E-state index contributed by atoms with van der Waals surface area (Å²) < 4.78 is 43.1. The fourth-order valence-corrected chi connectivity index (χ4v) is 3.20. The Labute approximate surface area is 154 Å². The number of hydroxylamine groups is 2. The Balaban J connectivity index is 2.08. The molecule has 0 aromatic heterocycles. The molecule has 2 heterocycles. The van der Waals surface area contributed by atoms with E-state index in [1.54, 1.807) is 0 Å². The van der Waals surface area contributed by atoms with Gasteiger partial charge in [0.2, 0.25) is 5.91 Å². The molecule has 0 saturated carbocycles. The quantitative estimate of drug-likeness (QED) is 0.540. The van der Waals surface area contributed by atoms with Crippen LogP contribution < -0.4 is 5.73 Å². The van der Waals surface area contributed by atoms with Crippen molar-refractivity contribution in [2.75, 3.05) is 34.0 Å². The van der Waals surface area contributed by atoms with Crippen molar-refractivity contribution in [3.8, 4) is 0 Å². The second-order valence-corrected chi connectivity index (χ2v) is 6.72. The van der Waals surface area contributed by atoms with E-state index in [0.29, 0.717) is 5.06 Å². The predicted octanol–water partition coefficient (Wildman–Crippen LogP) is -0.141. The molecule has 2 fully saturated rings. The van der Waals surface area contributed by atoms with Gasteiger partial charge in [-0.3, -0.25) is 4.79 Å². The average Bonchev–Trinajstić information content (AvgIpc) is 2.79. The summed E-state index contributed by atoms with van der Waals surface area (Å²) in [7, 11) is 2.62. The molecule has 0 radical (unpaired) electrons. The number of fused-ring (bicyclic) bond motifs is 2. The van der Waals surface area contributed by atoms with E-state index in [2.05, 4.69) is 4.84 Å². The number of hydrogen-bond acceptors (Lipinski definition) is 7. The molecule has 0 aromatic carbocycles. The second-order valence-electron chi connectivity index (χ2n) is 6.72. The maximum atomic E-state index is 14.3. The minimum absolute atomic E-state index is 0.00261. The molecule has 2 N–H and O–H groups in total. The highest BCUT2D eigenvalue weighted by Crippen LogP contribution is 2.33. The van der Waals surface area contributed by atoms with Gasteiger partial charge in [0.15, 0.2) is 5.60 Å². The van der Waals surface area contributed by atoms with Gasteiger partial charge in [0.25, 0.3) is 0 Å². The monoisotopic (exact) mass is 395 g/mol. The van der Waals surface area contributed by atoms with Crippen LogP contribution in [0.4, 0.5) is 13.6 Å². The normalized spacial score (nSPS) is 22.9. The molecule has 2 bridgehead atoms. The second kappa shape index (κ2) is 7.90. The largest absolute Gasteiger partial charge is 0.477 e. The van der Waals surface area contributed by atoms with Crippen LogP contribution in [-0.2, 0) is 28.6 Å². The van der Waals surface area contributed by atoms with Gasteiger partial charge in [-0.25, -0.2) is 9.59 Å². The van der Waals surface area contributed by atoms with Crippen LogP contribution in [0.5, 0.6) is 0 Å². The van der Waals surface area contributed by atoms with Gasteiger partial charge in [-0.1, -0.05) is 0 Å². The highest BCUT2D eigenvalue weighted by atomic mass is 19.3. The first kappa shape index (κ1) is 21.3. The third kappa shape index (κ3) is 4.45. The molecule has 2 saturated heterocycles. The van der Waals surface area contributed by atoms with Gasteiger partial charge in [0.1, 0.15) is 6.04 Å². The SMILES string of the molecule is COCC(C)(COC)OC(=O)C(F)(F)ON1C(=O)N2C[C@H]1CC[C@H]2C(N)=O. The number of carbonyl (C=O) groups excluding carboxylic acids is 3. The number of esters is 1. The molecule has 0 aliphatic carbocycles. The third-order valence-electron chi connectivity index (χ3n) is 4.34. The first-order chi connectivity index (χ1) is 12.5. The first-order valence-electron chi connectivity index (χ1n) is 8.22. The lowest BCUT2D eigenvalue weighted by molar-refractivity contribution is -0.334. The number of urea groups is 1. The van der Waals surface area contributed by atoms with E-state index in [-0.39, 0.29) is 32.6 Å². The Morgan fingerprint density at radius 2 is 1.81 bits per heavy atom. The van der Waals surface area contributed by atoms with Gasteiger partial charge in [-0.15, -0.1) is 0 Å². The smallest absolute Gasteiger partial charge is 0.448 e. The molecule has 0 aromatic rings. The van der Waals surface area contributed by atoms with Gasteiger partial charge in [-0.2, -0.15) is 18.7 Å². The average molecular weight is 395 g/mol. The molecule has 2 rings (SSSR count). The van der Waals surface area contributed by atoms with Crippen LogP contribution in [-0.4, -0.2) is 85.6 Å². The van der Waals surface area contributed by atoms with Gasteiger partial charge < -0.3 is 24.8 Å². The molecule has 12 heteroatoms. The molecular weight excluding hydrogens is 372 g/mol. The number of alkyl halides is 2. The topological polar surface area (TPSA) is 121 Å². The van der Waals surface area contributed by atoms with E-state index < -0.39 is 41.7 Å². The molecule has 0 unspecified atom stereocenters. The number of methoxy groups -OCH3 is 2. The molecule has 3 amide bonds. The summed E-state index contributed by atoms with van der Waals surface area (Å²) in [6.07, 6.45) is -3.98. The summed E-state index contributed by atoms with van der Waals surface area (Å²) in [6, 6.07) is -2.57. The van der Waals surface area contributed by atoms with E-state index >= 15 is 0 Å². The highest BCUT2D eigenvalue weighted by Gasteiger charge is 2.55. The van der Waals surface area contributed by atoms with Crippen molar-refractivity contribution < 1.29 is 42.2 Å². The predicted molar refractivity (Wildman–Crippen MR) is 84.2 cm³/mol. The van der Waals surface area contributed by atoms with Crippen molar-refractivity contribution in [1.82, 2.24) is 9.96 Å². The fraction of sp³-hybridized carbons (Fsp3) is 0.800. The van der Waals surface area contributed by atoms with Crippen molar-refractivity contribution in [1.29, 1.82) is 0 Å². The Morgan fingerprint density at radius 3 is 2.33 bits per heavy atom. The number of amides is 3. The first-order valence-corrected chi connectivity index (χ1v) is 8.22. The molecule has 2 aliphatic rings. The van der Waals surface area contributed by atoms with E-state index in [4.69, 9.17) is 19.9 Å². The van der Waals surface area contributed by atoms with Gasteiger partial charge in [0, 0.05) is 20.8 Å². The Bertz CT molecular complexity index is 598. The number of nitrogens with zero attached hydrogens (tertiary/aromatic N) is 2. The minimum atomic E-state index is -4.43. The number of rotatable bonds is 9. The maximum absolute atomic E-state index is 14.3. The lowest BCUT2D eigenvalue weighted by Gasteiger charge is -2.31. The Kier molecular flexibility index (Phi) is 6.22. The number of piperidine rings is 1. The van der Waals surface area contributed by atoms with Crippen LogP contribution in [0.1, 0.15) is 19.8 Å². The Morgan fingerprint density at radius 1 is 1.22 bits per heavy atom. The van der Waals surface area contributed by atoms with Crippen molar-refractivity contribution in [2.45, 2.75) is 43.6 Å². The zero-order chi connectivity index (χ0) is 20.4. The summed E-state index contributed by atoms with van der Waals surface area (Å²) in [5.41, 5.74) is 3.75. The summed E-state index contributed by atoms with van der Waals surface area (Å²) in [5.74, 6) is -2.72. The fourth-order valence-electron chi connectivity index (χ4n) is 3.20. The standard InChI is InChI=1S/C15H23F2N3O7/c1-14(7-24-2,8-25-3)26-12(22)15(16,17)27-20-9-4-5-10(11(18)21)19(6-9)13(20)23/h9-10H,4-8H2,1-3H3,(H2,18,21)/t9-,10+/m1/s1. The summed E-state index contributed by atoms with van der Waals surface area (Å²) in [6.45, 7) is 0.970.